The van der Waals surface area contributed by atoms with Crippen molar-refractivity contribution in [2.24, 2.45) is 0 Å². The van der Waals surface area contributed by atoms with E-state index < -0.39 is 0 Å². The van der Waals surface area contributed by atoms with Crippen LogP contribution in [0.2, 0.25) is 0 Å². The minimum Gasteiger partial charge on any atom is -0.397 e. The molecule has 1 amide bonds. The molecule has 112 valence electrons. The molecule has 0 aliphatic rings. The van der Waals surface area contributed by atoms with Gasteiger partial charge in [-0.3, -0.25) is 4.79 Å². The highest BCUT2D eigenvalue weighted by molar-refractivity contribution is 7.12. The third-order valence-electron chi connectivity index (χ3n) is 3.27. The summed E-state index contributed by atoms with van der Waals surface area (Å²) in [5.74, 6) is -0.0299. The number of anilines is 2. The summed E-state index contributed by atoms with van der Waals surface area (Å²) in [6.45, 7) is 4.18. The maximum absolute atomic E-state index is 12.0. The Balaban J connectivity index is 2.23. The van der Waals surface area contributed by atoms with Crippen molar-refractivity contribution in [3.8, 4) is 0 Å². The van der Waals surface area contributed by atoms with E-state index in [0.717, 1.165) is 5.69 Å². The number of hydrogen-bond acceptors (Lipinski definition) is 4. The fraction of sp³-hybridized carbons (Fsp3) is 0.312. The molecule has 0 aliphatic heterocycles. The summed E-state index contributed by atoms with van der Waals surface area (Å²) < 4.78 is 0. The van der Waals surface area contributed by atoms with Gasteiger partial charge in [0.25, 0.3) is 5.91 Å². The van der Waals surface area contributed by atoms with Crippen molar-refractivity contribution in [2.45, 2.75) is 19.9 Å². The summed E-state index contributed by atoms with van der Waals surface area (Å²) in [7, 11) is 3.48. The number of hydrogen-bond donors (Lipinski definition) is 2. The summed E-state index contributed by atoms with van der Waals surface area (Å²) in [5.41, 5.74) is 8.08. The van der Waals surface area contributed by atoms with Gasteiger partial charge in [0.15, 0.2) is 0 Å². The molecule has 5 heteroatoms. The van der Waals surface area contributed by atoms with Crippen molar-refractivity contribution in [1.29, 1.82) is 0 Å². The van der Waals surface area contributed by atoms with Crippen molar-refractivity contribution in [3.63, 3.8) is 0 Å². The van der Waals surface area contributed by atoms with Crippen molar-refractivity contribution in [1.82, 2.24) is 4.90 Å². The smallest absolute Gasteiger partial charge is 0.253 e. The van der Waals surface area contributed by atoms with Crippen LogP contribution in [0.1, 0.15) is 33.1 Å². The van der Waals surface area contributed by atoms with Gasteiger partial charge >= 0.3 is 0 Å². The van der Waals surface area contributed by atoms with Crippen molar-refractivity contribution in [3.05, 3.63) is 45.6 Å². The maximum atomic E-state index is 12.0. The van der Waals surface area contributed by atoms with Crippen LogP contribution in [0.15, 0.2) is 30.3 Å². The van der Waals surface area contributed by atoms with Crippen LogP contribution in [-0.4, -0.2) is 24.9 Å². The zero-order chi connectivity index (χ0) is 15.6. The molecule has 0 aliphatic carbocycles. The van der Waals surface area contributed by atoms with Gasteiger partial charge < -0.3 is 16.0 Å². The van der Waals surface area contributed by atoms with Gasteiger partial charge in [0.2, 0.25) is 0 Å². The van der Waals surface area contributed by atoms with E-state index in [2.05, 4.69) is 31.3 Å². The van der Waals surface area contributed by atoms with Crippen LogP contribution in [0.3, 0.4) is 0 Å². The van der Waals surface area contributed by atoms with E-state index >= 15 is 0 Å². The Labute approximate surface area is 129 Å². The molecule has 0 saturated carbocycles. The average Bonchev–Trinajstić information content (AvgIpc) is 2.87. The molecule has 0 spiro atoms. The number of nitrogens with two attached hydrogens (primary N) is 1. The number of thiophene rings is 1. The molecule has 1 atom stereocenters. The molecule has 4 nitrogen and oxygen atoms in total. The number of amides is 1. The number of nitrogens with zero attached hydrogens (tertiary/aromatic N) is 1. The lowest BCUT2D eigenvalue weighted by atomic mass is 10.1. The predicted molar refractivity (Wildman–Crippen MR) is 90.0 cm³/mol. The number of aryl methyl sites for hydroxylation is 1. The normalized spacial score (nSPS) is 12.0. The quantitative estimate of drug-likeness (QED) is 0.850. The maximum Gasteiger partial charge on any atom is 0.253 e. The van der Waals surface area contributed by atoms with Crippen LogP contribution in [0.25, 0.3) is 0 Å². The monoisotopic (exact) mass is 303 g/mol. The Kier molecular flexibility index (Phi) is 4.53. The molecule has 21 heavy (non-hydrogen) atoms. The van der Waals surface area contributed by atoms with E-state index in [0.29, 0.717) is 11.3 Å². The molecular weight excluding hydrogens is 282 g/mol. The topological polar surface area (TPSA) is 58.4 Å². The zero-order valence-electron chi connectivity index (χ0n) is 12.8. The Hall–Kier alpha value is -2.01. The summed E-state index contributed by atoms with van der Waals surface area (Å²) in [6, 6.07) is 9.70. The zero-order valence-corrected chi connectivity index (χ0v) is 13.6. The highest BCUT2D eigenvalue weighted by atomic mass is 32.1. The van der Waals surface area contributed by atoms with Gasteiger partial charge in [-0.1, -0.05) is 0 Å². The predicted octanol–water partition coefficient (Wildman–Crippen LogP) is 3.51. The molecule has 1 heterocycles. The van der Waals surface area contributed by atoms with E-state index in [1.165, 1.54) is 9.75 Å². The first-order valence-electron chi connectivity index (χ1n) is 6.82. The first-order chi connectivity index (χ1) is 9.88. The second kappa shape index (κ2) is 6.18. The van der Waals surface area contributed by atoms with Gasteiger partial charge in [0, 0.05) is 29.4 Å². The van der Waals surface area contributed by atoms with Crippen LogP contribution < -0.4 is 11.1 Å². The Bertz CT molecular complexity index is 649. The van der Waals surface area contributed by atoms with Gasteiger partial charge in [-0.05, 0) is 44.2 Å². The highest BCUT2D eigenvalue weighted by Crippen LogP contribution is 2.29. The van der Waals surface area contributed by atoms with Gasteiger partial charge in [-0.25, -0.2) is 0 Å². The van der Waals surface area contributed by atoms with Gasteiger partial charge in [0.05, 0.1) is 17.4 Å². The molecule has 0 fully saturated rings. The van der Waals surface area contributed by atoms with Crippen molar-refractivity contribution in [2.75, 3.05) is 25.1 Å². The molecule has 2 aromatic rings. The highest BCUT2D eigenvalue weighted by Gasteiger charge is 2.13. The Morgan fingerprint density at radius 1 is 1.29 bits per heavy atom. The van der Waals surface area contributed by atoms with Crippen LogP contribution in [0.5, 0.6) is 0 Å². The summed E-state index contributed by atoms with van der Waals surface area (Å²) in [6.07, 6.45) is 0. The minimum absolute atomic E-state index is 0.0299. The lowest BCUT2D eigenvalue weighted by Crippen LogP contribution is -2.22. The van der Waals surface area contributed by atoms with Crippen LogP contribution in [0, 0.1) is 6.92 Å². The third-order valence-corrected chi connectivity index (χ3v) is 4.45. The largest absolute Gasteiger partial charge is 0.397 e. The van der Waals surface area contributed by atoms with E-state index in [1.54, 1.807) is 42.5 Å². The van der Waals surface area contributed by atoms with Gasteiger partial charge in [0.1, 0.15) is 0 Å². The molecule has 1 unspecified atom stereocenters. The fourth-order valence-electron chi connectivity index (χ4n) is 2.06. The van der Waals surface area contributed by atoms with E-state index in [1.807, 2.05) is 6.07 Å². The number of nitrogen functional groups attached to an aromatic ring is 1. The van der Waals surface area contributed by atoms with Gasteiger partial charge in [-0.2, -0.15) is 0 Å². The second-order valence-electron chi connectivity index (χ2n) is 5.32. The van der Waals surface area contributed by atoms with E-state index in [4.69, 9.17) is 5.73 Å². The molecule has 1 aromatic heterocycles. The summed E-state index contributed by atoms with van der Waals surface area (Å²) >= 11 is 1.76. The van der Waals surface area contributed by atoms with Crippen LogP contribution in [0.4, 0.5) is 11.4 Å². The third kappa shape index (κ3) is 3.55. The SMILES string of the molecule is Cc1ccc(C(C)Nc2cc(C(=O)N(C)C)ccc2N)s1. The molecule has 0 saturated heterocycles. The summed E-state index contributed by atoms with van der Waals surface area (Å²) in [4.78, 5) is 16.1. The first-order valence-corrected chi connectivity index (χ1v) is 7.64. The molecular formula is C16H21N3OS. The van der Waals surface area contributed by atoms with Crippen molar-refractivity contribution >= 4 is 28.6 Å². The average molecular weight is 303 g/mol. The minimum atomic E-state index is -0.0299. The molecule has 2 rings (SSSR count). The van der Waals surface area contributed by atoms with Gasteiger partial charge in [-0.15, -0.1) is 11.3 Å². The van der Waals surface area contributed by atoms with Crippen LogP contribution >= 0.6 is 11.3 Å². The van der Waals surface area contributed by atoms with Crippen LogP contribution in [-0.2, 0) is 0 Å². The number of benzene rings is 1. The molecule has 1 aromatic carbocycles. The second-order valence-corrected chi connectivity index (χ2v) is 6.64. The molecule has 0 bridgehead atoms. The lowest BCUT2D eigenvalue weighted by molar-refractivity contribution is 0.0827. The number of carbonyl (C=O) groups excluding carboxylic acids is 1. The van der Waals surface area contributed by atoms with E-state index in [-0.39, 0.29) is 11.9 Å². The number of rotatable bonds is 4. The molecule has 3 N–H and O–H groups in total. The van der Waals surface area contributed by atoms with E-state index in [9.17, 15) is 4.79 Å². The standard InChI is InChI=1S/C16H21N3OS/c1-10-5-8-15(21-10)11(2)18-14-9-12(6-7-13(14)17)16(20)19(3)4/h5-9,11,18H,17H2,1-4H3. The first kappa shape index (κ1) is 15.4. The van der Waals surface area contributed by atoms with Crippen molar-refractivity contribution < 1.29 is 4.79 Å². The number of carbonyl (C=O) groups is 1. The Morgan fingerprint density at radius 3 is 2.57 bits per heavy atom. The lowest BCUT2D eigenvalue weighted by Gasteiger charge is -2.17. The number of nitrogens with one attached hydrogen (secondary N) is 1. The Morgan fingerprint density at radius 2 is 2.00 bits per heavy atom. The molecule has 0 radical (unpaired) electrons. The summed E-state index contributed by atoms with van der Waals surface area (Å²) in [5, 5.41) is 3.39. The fourth-order valence-corrected chi connectivity index (χ4v) is 2.94.